The second-order valence-corrected chi connectivity index (χ2v) is 11.3. The van der Waals surface area contributed by atoms with E-state index in [-0.39, 0.29) is 11.9 Å². The maximum atomic E-state index is 13.2. The SMILES string of the molecule is CCOc1cc(C2CCN(C)CC2)ccc1Nc1ncc2c(n1)N(Cc1ccc(Br)cc1)[C@H](CC)C(=O)N2C. The number of rotatable bonds is 8. The third-order valence-electron chi connectivity index (χ3n) is 7.77. The van der Waals surface area contributed by atoms with E-state index in [2.05, 4.69) is 73.4 Å². The fourth-order valence-corrected chi connectivity index (χ4v) is 5.76. The molecule has 8 nitrogen and oxygen atoms in total. The number of nitrogens with one attached hydrogen (secondary N) is 1. The molecule has 3 heterocycles. The van der Waals surface area contributed by atoms with Gasteiger partial charge in [-0.1, -0.05) is 41.1 Å². The lowest BCUT2D eigenvalue weighted by molar-refractivity contribution is -0.120. The molecule has 0 unspecified atom stereocenters. The first-order valence-corrected chi connectivity index (χ1v) is 14.5. The van der Waals surface area contributed by atoms with Gasteiger partial charge in [-0.3, -0.25) is 4.79 Å². The summed E-state index contributed by atoms with van der Waals surface area (Å²) in [5, 5.41) is 3.40. The van der Waals surface area contributed by atoms with E-state index in [1.807, 2.05) is 26.0 Å². The standard InChI is InChI=1S/C30H37BrN6O2/c1-5-25-29(38)36(4)26-18-32-30(34-28(26)37(25)19-20-7-10-23(31)11-8-20)33-24-12-9-22(17-27(24)39-6-2)21-13-15-35(3)16-14-21/h7-12,17-18,21,25H,5-6,13-16,19H2,1-4H3,(H,32,33,34)/t25-/m1/s1. The number of piperidine rings is 1. The van der Waals surface area contributed by atoms with Gasteiger partial charge in [0.15, 0.2) is 5.82 Å². The number of carbonyl (C=O) groups is 1. The van der Waals surface area contributed by atoms with Crippen LogP contribution in [-0.4, -0.2) is 60.6 Å². The summed E-state index contributed by atoms with van der Waals surface area (Å²) in [6.07, 6.45) is 4.72. The number of hydrogen-bond acceptors (Lipinski definition) is 7. The van der Waals surface area contributed by atoms with Gasteiger partial charge in [0.25, 0.3) is 0 Å². The third-order valence-corrected chi connectivity index (χ3v) is 8.30. The molecule has 2 aliphatic heterocycles. The van der Waals surface area contributed by atoms with Crippen molar-refractivity contribution >= 4 is 45.0 Å². The Bertz CT molecular complexity index is 1310. The highest BCUT2D eigenvalue weighted by Crippen LogP contribution is 2.38. The molecule has 0 spiro atoms. The fraction of sp³-hybridized carbons (Fsp3) is 0.433. The number of hydrogen-bond donors (Lipinski definition) is 1. The molecule has 0 radical (unpaired) electrons. The number of nitrogens with zero attached hydrogens (tertiary/aromatic N) is 5. The van der Waals surface area contributed by atoms with E-state index in [0.29, 0.717) is 37.1 Å². The fourth-order valence-electron chi connectivity index (χ4n) is 5.50. The van der Waals surface area contributed by atoms with Gasteiger partial charge >= 0.3 is 0 Å². The zero-order valence-electron chi connectivity index (χ0n) is 23.2. The van der Waals surface area contributed by atoms with Crippen LogP contribution in [0.5, 0.6) is 5.75 Å². The average molecular weight is 594 g/mol. The summed E-state index contributed by atoms with van der Waals surface area (Å²) in [5.41, 5.74) is 3.96. The zero-order valence-corrected chi connectivity index (χ0v) is 24.7. The van der Waals surface area contributed by atoms with Gasteiger partial charge < -0.3 is 24.8 Å². The van der Waals surface area contributed by atoms with Crippen molar-refractivity contribution < 1.29 is 9.53 Å². The Morgan fingerprint density at radius 3 is 2.51 bits per heavy atom. The van der Waals surface area contributed by atoms with Crippen LogP contribution in [0.3, 0.4) is 0 Å². The quantitative estimate of drug-likeness (QED) is 0.346. The lowest BCUT2D eigenvalue weighted by atomic mass is 9.89. The van der Waals surface area contributed by atoms with Gasteiger partial charge in [-0.15, -0.1) is 0 Å². The molecule has 5 rings (SSSR count). The Morgan fingerprint density at radius 1 is 1.08 bits per heavy atom. The van der Waals surface area contributed by atoms with E-state index in [4.69, 9.17) is 9.72 Å². The Hall–Kier alpha value is -3.17. The lowest BCUT2D eigenvalue weighted by Crippen LogP contribution is -2.52. The van der Waals surface area contributed by atoms with Crippen LogP contribution in [0.25, 0.3) is 0 Å². The molecule has 9 heteroatoms. The predicted molar refractivity (Wildman–Crippen MR) is 160 cm³/mol. The summed E-state index contributed by atoms with van der Waals surface area (Å²) < 4.78 is 7.08. The number of anilines is 4. The van der Waals surface area contributed by atoms with Gasteiger partial charge in [-0.25, -0.2) is 4.98 Å². The van der Waals surface area contributed by atoms with Crippen LogP contribution in [0.1, 0.15) is 50.2 Å². The van der Waals surface area contributed by atoms with Crippen molar-refractivity contribution in [3.8, 4) is 5.75 Å². The lowest BCUT2D eigenvalue weighted by Gasteiger charge is -2.40. The molecular formula is C30H37BrN6O2. The highest BCUT2D eigenvalue weighted by molar-refractivity contribution is 9.10. The smallest absolute Gasteiger partial charge is 0.249 e. The number of halogens is 1. The van der Waals surface area contributed by atoms with Crippen LogP contribution in [0.4, 0.5) is 23.1 Å². The molecule has 0 saturated carbocycles. The van der Waals surface area contributed by atoms with Crippen molar-refractivity contribution in [2.45, 2.75) is 51.6 Å². The van der Waals surface area contributed by atoms with Gasteiger partial charge in [-0.2, -0.15) is 4.98 Å². The number of aromatic nitrogens is 2. The maximum Gasteiger partial charge on any atom is 0.249 e. The van der Waals surface area contributed by atoms with Crippen LogP contribution >= 0.6 is 15.9 Å². The summed E-state index contributed by atoms with van der Waals surface area (Å²) >= 11 is 3.51. The molecule has 3 aromatic rings. The molecule has 2 aliphatic rings. The molecule has 1 atom stereocenters. The van der Waals surface area contributed by atoms with Crippen LogP contribution in [0, 0.1) is 0 Å². The Morgan fingerprint density at radius 2 is 1.82 bits per heavy atom. The van der Waals surface area contributed by atoms with Gasteiger partial charge in [0.05, 0.1) is 18.5 Å². The second-order valence-electron chi connectivity index (χ2n) is 10.4. The molecule has 1 amide bonds. The number of amides is 1. The molecule has 1 aromatic heterocycles. The number of likely N-dealkylation sites (tertiary alicyclic amines) is 1. The highest BCUT2D eigenvalue weighted by atomic mass is 79.9. The van der Waals surface area contributed by atoms with Crippen molar-refractivity contribution in [3.05, 3.63) is 64.3 Å². The summed E-state index contributed by atoms with van der Waals surface area (Å²) in [7, 11) is 3.98. The summed E-state index contributed by atoms with van der Waals surface area (Å²) in [6.45, 7) is 7.41. The molecule has 1 N–H and O–H groups in total. The summed E-state index contributed by atoms with van der Waals surface area (Å²) in [6, 6.07) is 14.3. The average Bonchev–Trinajstić information content (AvgIpc) is 2.94. The largest absolute Gasteiger partial charge is 0.492 e. The van der Waals surface area contributed by atoms with E-state index in [0.717, 1.165) is 53.2 Å². The number of fused-ring (bicyclic) bond motifs is 1. The number of carbonyl (C=O) groups excluding carboxylic acids is 1. The summed E-state index contributed by atoms with van der Waals surface area (Å²) in [4.78, 5) is 28.9. The van der Waals surface area contributed by atoms with Gasteiger partial charge in [0.2, 0.25) is 11.9 Å². The number of likely N-dealkylation sites (N-methyl/N-ethyl adjacent to an activating group) is 1. The number of ether oxygens (including phenoxy) is 1. The monoisotopic (exact) mass is 592 g/mol. The van der Waals surface area contributed by atoms with Gasteiger partial charge in [0.1, 0.15) is 17.5 Å². The molecule has 0 bridgehead atoms. The van der Waals surface area contributed by atoms with Crippen molar-refractivity contribution in [1.82, 2.24) is 14.9 Å². The van der Waals surface area contributed by atoms with E-state index in [1.54, 1.807) is 18.1 Å². The minimum atomic E-state index is -0.304. The molecule has 39 heavy (non-hydrogen) atoms. The number of benzene rings is 2. The minimum absolute atomic E-state index is 0.0505. The Labute approximate surface area is 239 Å². The molecular weight excluding hydrogens is 556 g/mol. The van der Waals surface area contributed by atoms with Gasteiger partial charge in [-0.05, 0) is 87.6 Å². The van der Waals surface area contributed by atoms with E-state index >= 15 is 0 Å². The first-order valence-electron chi connectivity index (χ1n) is 13.8. The highest BCUT2D eigenvalue weighted by Gasteiger charge is 2.37. The maximum absolute atomic E-state index is 13.2. The third kappa shape index (κ3) is 5.89. The van der Waals surface area contributed by atoms with Crippen molar-refractivity contribution in [1.29, 1.82) is 0 Å². The van der Waals surface area contributed by atoms with Crippen molar-refractivity contribution in [2.24, 2.45) is 0 Å². The summed E-state index contributed by atoms with van der Waals surface area (Å²) in [5.74, 6) is 2.61. The van der Waals surface area contributed by atoms with Crippen molar-refractivity contribution in [2.75, 3.05) is 48.9 Å². The van der Waals surface area contributed by atoms with E-state index in [9.17, 15) is 4.79 Å². The first-order chi connectivity index (χ1) is 18.9. The van der Waals surface area contributed by atoms with Crippen LogP contribution < -0.4 is 19.9 Å². The first kappa shape index (κ1) is 27.4. The van der Waals surface area contributed by atoms with Crippen LogP contribution in [-0.2, 0) is 11.3 Å². The molecule has 206 valence electrons. The normalized spacial score (nSPS) is 18.3. The van der Waals surface area contributed by atoms with E-state index < -0.39 is 0 Å². The molecule has 1 fully saturated rings. The topological polar surface area (TPSA) is 73.8 Å². The second kappa shape index (κ2) is 11.9. The Kier molecular flexibility index (Phi) is 8.37. The van der Waals surface area contributed by atoms with Crippen molar-refractivity contribution in [3.63, 3.8) is 0 Å². The molecule has 0 aliphatic carbocycles. The van der Waals surface area contributed by atoms with E-state index in [1.165, 1.54) is 5.56 Å². The zero-order chi connectivity index (χ0) is 27.5. The minimum Gasteiger partial charge on any atom is -0.492 e. The molecule has 2 aromatic carbocycles. The Balaban J connectivity index is 1.45. The predicted octanol–water partition coefficient (Wildman–Crippen LogP) is 5.95. The van der Waals surface area contributed by atoms with Crippen LogP contribution in [0.2, 0.25) is 0 Å². The van der Waals surface area contributed by atoms with Gasteiger partial charge in [0, 0.05) is 18.1 Å². The molecule has 1 saturated heterocycles. The van der Waals surface area contributed by atoms with Crippen LogP contribution in [0.15, 0.2) is 53.1 Å².